The lowest BCUT2D eigenvalue weighted by molar-refractivity contribution is 0.211. The maximum absolute atomic E-state index is 5.91. The van der Waals surface area contributed by atoms with Gasteiger partial charge in [-0.1, -0.05) is 70.2 Å². The normalized spacial score (nSPS) is 26.1. The molecule has 1 aromatic carbocycles. The number of hydrogen-bond donors (Lipinski definition) is 0. The predicted molar refractivity (Wildman–Crippen MR) is 121 cm³/mol. The molecule has 0 N–H and O–H groups in total. The Labute approximate surface area is 174 Å². The second-order valence-corrected chi connectivity index (χ2v) is 9.33. The van der Waals surface area contributed by atoms with Gasteiger partial charge in [-0.15, -0.1) is 0 Å². The van der Waals surface area contributed by atoms with Crippen LogP contribution in [0.25, 0.3) is 0 Å². The summed E-state index contributed by atoms with van der Waals surface area (Å²) in [6.45, 7) is 5.40. The summed E-state index contributed by atoms with van der Waals surface area (Å²) in [7, 11) is 0. The van der Waals surface area contributed by atoms with Crippen LogP contribution in [0.2, 0.25) is 0 Å². The van der Waals surface area contributed by atoms with Crippen molar-refractivity contribution < 1.29 is 4.74 Å². The molecule has 2 atom stereocenters. The first-order chi connectivity index (χ1) is 13.8. The first-order valence-corrected chi connectivity index (χ1v) is 12.2. The Hall–Kier alpha value is -1.24. The van der Waals surface area contributed by atoms with Crippen molar-refractivity contribution in [1.29, 1.82) is 0 Å². The molecule has 0 radical (unpaired) electrons. The van der Waals surface area contributed by atoms with Gasteiger partial charge in [0, 0.05) is 0 Å². The first-order valence-electron chi connectivity index (χ1n) is 12.2. The van der Waals surface area contributed by atoms with E-state index in [1.54, 1.807) is 5.56 Å². The van der Waals surface area contributed by atoms with Crippen molar-refractivity contribution in [3.05, 3.63) is 42.0 Å². The molecule has 2 aliphatic carbocycles. The molecule has 1 saturated carbocycles. The molecule has 2 aliphatic rings. The van der Waals surface area contributed by atoms with Gasteiger partial charge in [-0.05, 0) is 86.3 Å². The minimum absolute atomic E-state index is 0.740. The summed E-state index contributed by atoms with van der Waals surface area (Å²) in [6, 6.07) is 9.20. The van der Waals surface area contributed by atoms with Crippen LogP contribution < -0.4 is 4.74 Å². The van der Waals surface area contributed by atoms with E-state index in [-0.39, 0.29) is 0 Å². The molecule has 1 fully saturated rings. The third kappa shape index (κ3) is 6.39. The molecule has 1 nitrogen and oxygen atoms in total. The zero-order valence-electron chi connectivity index (χ0n) is 18.4. The van der Waals surface area contributed by atoms with E-state index in [4.69, 9.17) is 4.74 Å². The topological polar surface area (TPSA) is 9.23 Å². The molecule has 0 amide bonds. The quantitative estimate of drug-likeness (QED) is 0.292. The number of benzene rings is 1. The summed E-state index contributed by atoms with van der Waals surface area (Å²) < 4.78 is 5.91. The van der Waals surface area contributed by atoms with Gasteiger partial charge in [-0.2, -0.15) is 0 Å². The second-order valence-electron chi connectivity index (χ2n) is 9.33. The van der Waals surface area contributed by atoms with Gasteiger partial charge in [0.2, 0.25) is 0 Å². The molecule has 3 rings (SSSR count). The predicted octanol–water partition coefficient (Wildman–Crippen LogP) is 8.30. The molecule has 0 spiro atoms. The highest BCUT2D eigenvalue weighted by Gasteiger charge is 2.30. The van der Waals surface area contributed by atoms with Crippen LogP contribution in [0.4, 0.5) is 0 Å². The van der Waals surface area contributed by atoms with Crippen molar-refractivity contribution in [2.45, 2.75) is 96.8 Å². The molecule has 1 heteroatoms. The molecule has 28 heavy (non-hydrogen) atoms. The summed E-state index contributed by atoms with van der Waals surface area (Å²) in [5, 5.41) is 0. The minimum atomic E-state index is 0.740. The first kappa shape index (κ1) is 21.5. The van der Waals surface area contributed by atoms with E-state index in [9.17, 15) is 0 Å². The van der Waals surface area contributed by atoms with Crippen molar-refractivity contribution in [3.63, 3.8) is 0 Å². The summed E-state index contributed by atoms with van der Waals surface area (Å²) in [4.78, 5) is 0. The molecule has 0 heterocycles. The van der Waals surface area contributed by atoms with Crippen molar-refractivity contribution in [2.75, 3.05) is 6.61 Å². The van der Waals surface area contributed by atoms with Crippen LogP contribution in [0.3, 0.4) is 0 Å². The van der Waals surface area contributed by atoms with Crippen molar-refractivity contribution in [1.82, 2.24) is 0 Å². The minimum Gasteiger partial charge on any atom is -0.494 e. The van der Waals surface area contributed by atoms with Crippen LogP contribution in [0.15, 0.2) is 36.4 Å². The van der Waals surface area contributed by atoms with E-state index in [0.29, 0.717) is 0 Å². The second kappa shape index (κ2) is 11.7. The Morgan fingerprint density at radius 2 is 1.68 bits per heavy atom. The van der Waals surface area contributed by atoms with Crippen molar-refractivity contribution in [3.8, 4) is 5.75 Å². The van der Waals surface area contributed by atoms with Crippen LogP contribution in [0.5, 0.6) is 5.75 Å². The van der Waals surface area contributed by atoms with Gasteiger partial charge in [0.1, 0.15) is 5.75 Å². The Bertz CT molecular complexity index is 564. The standard InChI is InChI=1S/C27H42O/c1-3-5-20-28-26-18-16-25(17-19-26)27(21-23-10-7-6-8-11-23)24-14-12-22(9-4-2)13-15-24/h6-7,16-19,22-24,27H,3-5,8-15,20-21H2,1-2H3. The average Bonchev–Trinajstić information content (AvgIpc) is 2.75. The number of allylic oxidation sites excluding steroid dienone is 2. The zero-order chi connectivity index (χ0) is 19.6. The van der Waals surface area contributed by atoms with Gasteiger partial charge < -0.3 is 4.74 Å². The maximum Gasteiger partial charge on any atom is 0.119 e. The van der Waals surface area contributed by atoms with Gasteiger partial charge >= 0.3 is 0 Å². The molecule has 0 aliphatic heterocycles. The van der Waals surface area contributed by atoms with Crippen molar-refractivity contribution in [2.24, 2.45) is 17.8 Å². The number of unbranched alkanes of at least 4 members (excludes halogenated alkanes) is 1. The van der Waals surface area contributed by atoms with Gasteiger partial charge in [0.15, 0.2) is 0 Å². The average molecular weight is 383 g/mol. The number of hydrogen-bond acceptors (Lipinski definition) is 1. The summed E-state index contributed by atoms with van der Waals surface area (Å²) >= 11 is 0. The lowest BCUT2D eigenvalue weighted by atomic mass is 9.69. The van der Waals surface area contributed by atoms with Crippen LogP contribution in [-0.2, 0) is 0 Å². The largest absolute Gasteiger partial charge is 0.494 e. The summed E-state index contributed by atoms with van der Waals surface area (Å²) in [5.74, 6) is 4.54. The fraction of sp³-hybridized carbons (Fsp3) is 0.704. The SMILES string of the molecule is CCCCOc1ccc(C(CC2CC=CCC2)C2CCC(CCC)CC2)cc1. The van der Waals surface area contributed by atoms with Crippen LogP contribution in [0.1, 0.15) is 102 Å². The molecule has 1 aromatic rings. The summed E-state index contributed by atoms with van der Waals surface area (Å²) in [5.41, 5.74) is 1.57. The fourth-order valence-corrected chi connectivity index (χ4v) is 5.46. The monoisotopic (exact) mass is 382 g/mol. The molecule has 0 aromatic heterocycles. The zero-order valence-corrected chi connectivity index (χ0v) is 18.4. The number of ether oxygens (including phenoxy) is 1. The molecule has 2 unspecified atom stereocenters. The van der Waals surface area contributed by atoms with E-state index in [1.165, 1.54) is 70.6 Å². The lowest BCUT2D eigenvalue weighted by Crippen LogP contribution is -2.23. The van der Waals surface area contributed by atoms with Crippen LogP contribution in [-0.4, -0.2) is 6.61 Å². The Morgan fingerprint density at radius 3 is 2.32 bits per heavy atom. The highest BCUT2D eigenvalue weighted by Crippen LogP contribution is 2.44. The highest BCUT2D eigenvalue weighted by molar-refractivity contribution is 5.30. The molecule has 0 bridgehead atoms. The molecule has 0 saturated heterocycles. The fourth-order valence-electron chi connectivity index (χ4n) is 5.46. The lowest BCUT2D eigenvalue weighted by Gasteiger charge is -2.36. The number of rotatable bonds is 10. The van der Waals surface area contributed by atoms with Gasteiger partial charge in [0.05, 0.1) is 6.61 Å². The third-order valence-electron chi connectivity index (χ3n) is 7.20. The van der Waals surface area contributed by atoms with E-state index < -0.39 is 0 Å². The van der Waals surface area contributed by atoms with Crippen LogP contribution in [0, 0.1) is 17.8 Å². The molecular formula is C27H42O. The van der Waals surface area contributed by atoms with Gasteiger partial charge in [-0.25, -0.2) is 0 Å². The summed E-state index contributed by atoms with van der Waals surface area (Å²) in [6.07, 6.45) is 21.1. The van der Waals surface area contributed by atoms with Gasteiger partial charge in [0.25, 0.3) is 0 Å². The Balaban J connectivity index is 1.66. The van der Waals surface area contributed by atoms with E-state index in [2.05, 4.69) is 50.3 Å². The smallest absolute Gasteiger partial charge is 0.119 e. The van der Waals surface area contributed by atoms with Gasteiger partial charge in [-0.3, -0.25) is 0 Å². The van der Waals surface area contributed by atoms with E-state index in [1.807, 2.05) is 0 Å². The third-order valence-corrected chi connectivity index (χ3v) is 7.20. The maximum atomic E-state index is 5.91. The Morgan fingerprint density at radius 1 is 0.893 bits per heavy atom. The highest BCUT2D eigenvalue weighted by atomic mass is 16.5. The molecular weight excluding hydrogens is 340 g/mol. The Kier molecular flexibility index (Phi) is 8.96. The molecule has 156 valence electrons. The van der Waals surface area contributed by atoms with Crippen LogP contribution >= 0.6 is 0 Å². The van der Waals surface area contributed by atoms with Crippen molar-refractivity contribution >= 4 is 0 Å². The van der Waals surface area contributed by atoms with E-state index >= 15 is 0 Å². The van der Waals surface area contributed by atoms with E-state index in [0.717, 1.165) is 42.4 Å².